The number of hydrogen-bond donors (Lipinski definition) is 2. The summed E-state index contributed by atoms with van der Waals surface area (Å²) in [5, 5.41) is 14.9. The van der Waals surface area contributed by atoms with Gasteiger partial charge in [0, 0.05) is 29.2 Å². The Morgan fingerprint density at radius 1 is 1.47 bits per heavy atom. The van der Waals surface area contributed by atoms with Crippen molar-refractivity contribution in [3.63, 3.8) is 0 Å². The van der Waals surface area contributed by atoms with Crippen molar-refractivity contribution in [3.05, 3.63) is 40.9 Å². The van der Waals surface area contributed by atoms with E-state index in [0.29, 0.717) is 22.7 Å². The standard InChI is InChI=1S/C13H17ClN4O/c1-2-5-18-13(16-8-17-18)7-12(19)10-4-3-9(14)6-11(10)15/h3-4,6,8,12,19H,2,5,7,15H2,1H3. The highest BCUT2D eigenvalue weighted by Gasteiger charge is 2.15. The number of hydrogen-bond acceptors (Lipinski definition) is 4. The van der Waals surface area contributed by atoms with Crippen LogP contribution in [0.15, 0.2) is 24.5 Å². The maximum Gasteiger partial charge on any atom is 0.138 e. The zero-order valence-electron chi connectivity index (χ0n) is 10.8. The van der Waals surface area contributed by atoms with Gasteiger partial charge in [-0.1, -0.05) is 24.6 Å². The van der Waals surface area contributed by atoms with Crippen LogP contribution in [-0.4, -0.2) is 19.9 Å². The maximum atomic E-state index is 10.3. The van der Waals surface area contributed by atoms with Crippen LogP contribution in [0.5, 0.6) is 0 Å². The molecule has 102 valence electrons. The summed E-state index contributed by atoms with van der Waals surface area (Å²) in [5.74, 6) is 0.753. The lowest BCUT2D eigenvalue weighted by Gasteiger charge is -2.13. The number of aromatic nitrogens is 3. The Balaban J connectivity index is 2.16. The normalized spacial score (nSPS) is 12.6. The number of halogens is 1. The van der Waals surface area contributed by atoms with Gasteiger partial charge < -0.3 is 10.8 Å². The highest BCUT2D eigenvalue weighted by molar-refractivity contribution is 6.30. The number of rotatable bonds is 5. The molecule has 0 spiro atoms. The molecule has 5 nitrogen and oxygen atoms in total. The van der Waals surface area contributed by atoms with Crippen molar-refractivity contribution in [1.29, 1.82) is 0 Å². The van der Waals surface area contributed by atoms with Gasteiger partial charge in [0.25, 0.3) is 0 Å². The molecule has 0 amide bonds. The van der Waals surface area contributed by atoms with Crippen molar-refractivity contribution in [2.24, 2.45) is 0 Å². The molecule has 0 aliphatic heterocycles. The van der Waals surface area contributed by atoms with Crippen LogP contribution >= 0.6 is 11.6 Å². The molecule has 0 saturated carbocycles. The molecule has 1 aromatic heterocycles. The van der Waals surface area contributed by atoms with E-state index in [-0.39, 0.29) is 0 Å². The van der Waals surface area contributed by atoms with E-state index < -0.39 is 6.10 Å². The molecular formula is C13H17ClN4O. The zero-order valence-corrected chi connectivity index (χ0v) is 11.5. The molecular weight excluding hydrogens is 264 g/mol. The molecule has 0 fully saturated rings. The molecule has 1 aromatic carbocycles. The van der Waals surface area contributed by atoms with Gasteiger partial charge in [-0.2, -0.15) is 5.10 Å². The Labute approximate surface area is 117 Å². The van der Waals surface area contributed by atoms with Crippen LogP contribution in [0.4, 0.5) is 5.69 Å². The third kappa shape index (κ3) is 3.24. The molecule has 0 radical (unpaired) electrons. The van der Waals surface area contributed by atoms with Crippen LogP contribution in [0.25, 0.3) is 0 Å². The van der Waals surface area contributed by atoms with Gasteiger partial charge in [-0.3, -0.25) is 4.68 Å². The molecule has 6 heteroatoms. The number of nitrogens with zero attached hydrogens (tertiary/aromatic N) is 3. The third-order valence-corrected chi connectivity index (χ3v) is 3.15. The minimum Gasteiger partial charge on any atom is -0.398 e. The fourth-order valence-corrected chi connectivity index (χ4v) is 2.16. The Morgan fingerprint density at radius 2 is 2.26 bits per heavy atom. The van der Waals surface area contributed by atoms with Gasteiger partial charge in [-0.25, -0.2) is 4.98 Å². The van der Waals surface area contributed by atoms with Gasteiger partial charge in [0.2, 0.25) is 0 Å². The Bertz CT molecular complexity index is 555. The van der Waals surface area contributed by atoms with Crippen LogP contribution < -0.4 is 5.73 Å². The summed E-state index contributed by atoms with van der Waals surface area (Å²) in [6, 6.07) is 5.09. The predicted octanol–water partition coefficient (Wildman–Crippen LogP) is 2.20. The molecule has 19 heavy (non-hydrogen) atoms. The first-order valence-electron chi connectivity index (χ1n) is 6.21. The van der Waals surface area contributed by atoms with Crippen LogP contribution in [-0.2, 0) is 13.0 Å². The van der Waals surface area contributed by atoms with E-state index in [1.807, 2.05) is 0 Å². The summed E-state index contributed by atoms with van der Waals surface area (Å²) < 4.78 is 1.80. The average molecular weight is 281 g/mol. The molecule has 1 atom stereocenters. The van der Waals surface area contributed by atoms with Crippen LogP contribution in [0.3, 0.4) is 0 Å². The van der Waals surface area contributed by atoms with E-state index in [0.717, 1.165) is 18.8 Å². The second kappa shape index (κ2) is 6.04. The largest absolute Gasteiger partial charge is 0.398 e. The van der Waals surface area contributed by atoms with Gasteiger partial charge in [0.05, 0.1) is 6.10 Å². The van der Waals surface area contributed by atoms with Crippen LogP contribution in [0.2, 0.25) is 5.02 Å². The number of benzene rings is 1. The summed E-state index contributed by atoms with van der Waals surface area (Å²) in [7, 11) is 0. The highest BCUT2D eigenvalue weighted by atomic mass is 35.5. The van der Waals surface area contributed by atoms with Crippen molar-refractivity contribution < 1.29 is 5.11 Å². The maximum absolute atomic E-state index is 10.3. The number of anilines is 1. The Kier molecular flexibility index (Phi) is 4.39. The lowest BCUT2D eigenvalue weighted by Crippen LogP contribution is -2.11. The number of nitrogen functional groups attached to an aromatic ring is 1. The molecule has 0 saturated heterocycles. The molecule has 2 rings (SSSR count). The Hall–Kier alpha value is -1.59. The van der Waals surface area contributed by atoms with E-state index in [4.69, 9.17) is 17.3 Å². The van der Waals surface area contributed by atoms with E-state index in [1.165, 1.54) is 6.33 Å². The molecule has 2 aromatic rings. The first-order chi connectivity index (χ1) is 9.11. The summed E-state index contributed by atoms with van der Waals surface area (Å²) >= 11 is 5.84. The number of aryl methyl sites for hydroxylation is 1. The van der Waals surface area contributed by atoms with Gasteiger partial charge in [0.15, 0.2) is 0 Å². The monoisotopic (exact) mass is 280 g/mol. The smallest absolute Gasteiger partial charge is 0.138 e. The molecule has 3 N–H and O–H groups in total. The third-order valence-electron chi connectivity index (χ3n) is 2.91. The summed E-state index contributed by atoms with van der Waals surface area (Å²) in [5.41, 5.74) is 7.01. The van der Waals surface area contributed by atoms with E-state index in [9.17, 15) is 5.11 Å². The first-order valence-corrected chi connectivity index (χ1v) is 6.59. The van der Waals surface area contributed by atoms with E-state index >= 15 is 0 Å². The first kappa shape index (κ1) is 13.8. The summed E-state index contributed by atoms with van der Waals surface area (Å²) in [6.45, 7) is 2.86. The van der Waals surface area contributed by atoms with Crippen molar-refractivity contribution in [2.75, 3.05) is 5.73 Å². The van der Waals surface area contributed by atoms with Crippen molar-refractivity contribution in [3.8, 4) is 0 Å². The Morgan fingerprint density at radius 3 is 2.95 bits per heavy atom. The topological polar surface area (TPSA) is 77.0 Å². The fourth-order valence-electron chi connectivity index (χ4n) is 1.98. The zero-order chi connectivity index (χ0) is 13.8. The van der Waals surface area contributed by atoms with Crippen LogP contribution in [0.1, 0.15) is 30.8 Å². The minimum absolute atomic E-state index is 0.381. The van der Waals surface area contributed by atoms with Crippen LogP contribution in [0, 0.1) is 0 Å². The number of aliphatic hydroxyl groups excluding tert-OH is 1. The summed E-state index contributed by atoms with van der Waals surface area (Å²) in [4.78, 5) is 4.17. The van der Waals surface area contributed by atoms with Crippen molar-refractivity contribution in [2.45, 2.75) is 32.4 Å². The van der Waals surface area contributed by atoms with Crippen molar-refractivity contribution in [1.82, 2.24) is 14.8 Å². The SMILES string of the molecule is CCCn1ncnc1CC(O)c1ccc(Cl)cc1N. The molecule has 1 heterocycles. The van der Waals surface area contributed by atoms with Crippen molar-refractivity contribution >= 4 is 17.3 Å². The average Bonchev–Trinajstić information content (AvgIpc) is 2.77. The second-order valence-electron chi connectivity index (χ2n) is 4.39. The van der Waals surface area contributed by atoms with Gasteiger partial charge in [-0.15, -0.1) is 0 Å². The van der Waals surface area contributed by atoms with E-state index in [2.05, 4.69) is 17.0 Å². The minimum atomic E-state index is -0.711. The number of aliphatic hydroxyl groups is 1. The molecule has 0 bridgehead atoms. The fraction of sp³-hybridized carbons (Fsp3) is 0.385. The molecule has 0 aliphatic rings. The number of nitrogens with two attached hydrogens (primary N) is 1. The molecule has 0 aliphatic carbocycles. The van der Waals surface area contributed by atoms with Gasteiger partial charge in [0.1, 0.15) is 12.2 Å². The quantitative estimate of drug-likeness (QED) is 0.823. The lowest BCUT2D eigenvalue weighted by molar-refractivity contribution is 0.174. The predicted molar refractivity (Wildman–Crippen MR) is 74.8 cm³/mol. The highest BCUT2D eigenvalue weighted by Crippen LogP contribution is 2.26. The lowest BCUT2D eigenvalue weighted by atomic mass is 10.0. The van der Waals surface area contributed by atoms with Gasteiger partial charge in [-0.05, 0) is 18.6 Å². The second-order valence-corrected chi connectivity index (χ2v) is 4.83. The van der Waals surface area contributed by atoms with E-state index in [1.54, 1.807) is 22.9 Å². The van der Waals surface area contributed by atoms with Gasteiger partial charge >= 0.3 is 0 Å². The summed E-state index contributed by atoms with van der Waals surface area (Å²) in [6.07, 6.45) is 2.14. The molecule has 1 unspecified atom stereocenters.